The highest BCUT2D eigenvalue weighted by atomic mass is 19.1. The maximum absolute atomic E-state index is 12.7. The average Bonchev–Trinajstić information content (AvgIpc) is 1.96. The van der Waals surface area contributed by atoms with Gasteiger partial charge in [0.05, 0.1) is 6.42 Å². The lowest BCUT2D eigenvalue weighted by Crippen LogP contribution is -2.00. The van der Waals surface area contributed by atoms with E-state index in [1.807, 2.05) is 0 Å². The molecular formula is C9H9FO2. The molecule has 0 unspecified atom stereocenters. The van der Waals surface area contributed by atoms with Crippen molar-refractivity contribution in [1.82, 2.24) is 0 Å². The molecule has 0 amide bonds. The van der Waals surface area contributed by atoms with Crippen molar-refractivity contribution in [1.29, 1.82) is 0 Å². The van der Waals surface area contributed by atoms with Crippen LogP contribution in [-0.4, -0.2) is 11.1 Å². The zero-order valence-electron chi connectivity index (χ0n) is 6.67. The Hall–Kier alpha value is -1.38. The molecule has 2 nitrogen and oxygen atoms in total. The third-order valence-corrected chi connectivity index (χ3v) is 1.58. The minimum absolute atomic E-state index is 0.0544. The van der Waals surface area contributed by atoms with Crippen LogP contribution >= 0.6 is 0 Å². The van der Waals surface area contributed by atoms with Crippen LogP contribution in [-0.2, 0) is 11.2 Å². The van der Waals surface area contributed by atoms with E-state index in [9.17, 15) is 9.18 Å². The van der Waals surface area contributed by atoms with Crippen molar-refractivity contribution < 1.29 is 14.3 Å². The van der Waals surface area contributed by atoms with Crippen LogP contribution < -0.4 is 0 Å². The molecule has 0 spiro atoms. The number of hydrogen-bond acceptors (Lipinski definition) is 1. The molecule has 0 heterocycles. The first-order chi connectivity index (χ1) is 5.59. The second-order valence-electron chi connectivity index (χ2n) is 2.65. The number of carboxylic acids is 1. The van der Waals surface area contributed by atoms with Gasteiger partial charge >= 0.3 is 5.97 Å². The quantitative estimate of drug-likeness (QED) is 0.730. The summed E-state index contributed by atoms with van der Waals surface area (Å²) in [6, 6.07) is 4.31. The summed E-state index contributed by atoms with van der Waals surface area (Å²) in [5.41, 5.74) is 1.11. The smallest absolute Gasteiger partial charge is 0.307 e. The standard InChI is InChI=1S/C9H9FO2/c1-6-4-7(5-9(11)12)2-3-8(6)10/h2-4H,5H2,1H3,(H,11,12). The van der Waals surface area contributed by atoms with E-state index in [-0.39, 0.29) is 12.2 Å². The molecule has 3 heteroatoms. The third-order valence-electron chi connectivity index (χ3n) is 1.58. The van der Waals surface area contributed by atoms with Gasteiger partial charge in [-0.2, -0.15) is 0 Å². The SMILES string of the molecule is Cc1cc(CC(=O)O)ccc1F. The van der Waals surface area contributed by atoms with E-state index >= 15 is 0 Å². The van der Waals surface area contributed by atoms with Crippen molar-refractivity contribution in [3.8, 4) is 0 Å². The minimum Gasteiger partial charge on any atom is -0.481 e. The lowest BCUT2D eigenvalue weighted by molar-refractivity contribution is -0.136. The summed E-state index contributed by atoms with van der Waals surface area (Å²) in [5.74, 6) is -1.20. The molecule has 64 valence electrons. The van der Waals surface area contributed by atoms with Gasteiger partial charge in [0.25, 0.3) is 0 Å². The summed E-state index contributed by atoms with van der Waals surface area (Å²) < 4.78 is 12.7. The van der Waals surface area contributed by atoms with Gasteiger partial charge in [0.1, 0.15) is 5.82 Å². The second kappa shape index (κ2) is 3.34. The molecule has 0 aromatic heterocycles. The van der Waals surface area contributed by atoms with E-state index in [2.05, 4.69) is 0 Å². The van der Waals surface area contributed by atoms with E-state index < -0.39 is 5.97 Å². The zero-order valence-corrected chi connectivity index (χ0v) is 6.67. The first-order valence-electron chi connectivity index (χ1n) is 3.56. The van der Waals surface area contributed by atoms with Crippen molar-refractivity contribution in [3.63, 3.8) is 0 Å². The van der Waals surface area contributed by atoms with E-state index in [4.69, 9.17) is 5.11 Å². The largest absolute Gasteiger partial charge is 0.481 e. The molecular weight excluding hydrogens is 159 g/mol. The van der Waals surface area contributed by atoms with Gasteiger partial charge in [0, 0.05) is 0 Å². The lowest BCUT2D eigenvalue weighted by Gasteiger charge is -1.99. The lowest BCUT2D eigenvalue weighted by atomic mass is 10.1. The first-order valence-corrected chi connectivity index (χ1v) is 3.56. The van der Waals surface area contributed by atoms with Crippen molar-refractivity contribution in [2.24, 2.45) is 0 Å². The van der Waals surface area contributed by atoms with Crippen LogP contribution in [0.15, 0.2) is 18.2 Å². The second-order valence-corrected chi connectivity index (χ2v) is 2.65. The van der Waals surface area contributed by atoms with Gasteiger partial charge in [-0.25, -0.2) is 4.39 Å². The van der Waals surface area contributed by atoms with Gasteiger partial charge in [0.15, 0.2) is 0 Å². The Morgan fingerprint density at radius 2 is 2.25 bits per heavy atom. The molecule has 1 rings (SSSR count). The molecule has 12 heavy (non-hydrogen) atoms. The summed E-state index contributed by atoms with van der Waals surface area (Å²) in [4.78, 5) is 10.3. The molecule has 1 aromatic carbocycles. The number of halogens is 1. The molecule has 0 atom stereocenters. The summed E-state index contributed by atoms with van der Waals surface area (Å²) in [5, 5.41) is 8.43. The molecule has 0 aliphatic carbocycles. The van der Waals surface area contributed by atoms with Gasteiger partial charge in [-0.05, 0) is 24.1 Å². The van der Waals surface area contributed by atoms with Crippen LogP contribution in [0.25, 0.3) is 0 Å². The van der Waals surface area contributed by atoms with Crippen molar-refractivity contribution >= 4 is 5.97 Å². The summed E-state index contributed by atoms with van der Waals surface area (Å²) in [6.07, 6.45) is -0.0544. The molecule has 0 radical (unpaired) electrons. The minimum atomic E-state index is -0.902. The number of hydrogen-bond donors (Lipinski definition) is 1. The van der Waals surface area contributed by atoms with Crippen molar-refractivity contribution in [3.05, 3.63) is 35.1 Å². The predicted octanol–water partition coefficient (Wildman–Crippen LogP) is 1.76. The zero-order chi connectivity index (χ0) is 9.14. The van der Waals surface area contributed by atoms with Gasteiger partial charge < -0.3 is 5.11 Å². The number of benzene rings is 1. The Kier molecular flexibility index (Phi) is 2.43. The van der Waals surface area contributed by atoms with Crippen LogP contribution in [0.2, 0.25) is 0 Å². The maximum Gasteiger partial charge on any atom is 0.307 e. The highest BCUT2D eigenvalue weighted by Crippen LogP contribution is 2.09. The van der Waals surface area contributed by atoms with E-state index in [1.165, 1.54) is 12.1 Å². The fourth-order valence-corrected chi connectivity index (χ4v) is 0.991. The number of carbonyl (C=O) groups is 1. The fourth-order valence-electron chi connectivity index (χ4n) is 0.991. The molecule has 0 aliphatic rings. The molecule has 0 saturated heterocycles. The van der Waals surface area contributed by atoms with Gasteiger partial charge in [-0.1, -0.05) is 12.1 Å². The van der Waals surface area contributed by atoms with Crippen LogP contribution in [0.4, 0.5) is 4.39 Å². The Morgan fingerprint density at radius 1 is 1.58 bits per heavy atom. The van der Waals surface area contributed by atoms with Crippen molar-refractivity contribution in [2.45, 2.75) is 13.3 Å². The molecule has 0 fully saturated rings. The fraction of sp³-hybridized carbons (Fsp3) is 0.222. The number of aryl methyl sites for hydroxylation is 1. The molecule has 1 N–H and O–H groups in total. The first kappa shape index (κ1) is 8.71. The molecule has 1 aromatic rings. The average molecular weight is 168 g/mol. The summed E-state index contributed by atoms with van der Waals surface area (Å²) in [6.45, 7) is 1.61. The van der Waals surface area contributed by atoms with E-state index in [0.29, 0.717) is 11.1 Å². The Labute approximate surface area is 69.6 Å². The van der Waals surface area contributed by atoms with E-state index in [1.54, 1.807) is 13.0 Å². The maximum atomic E-state index is 12.7. The summed E-state index contributed by atoms with van der Waals surface area (Å²) >= 11 is 0. The molecule has 0 aliphatic heterocycles. The van der Waals surface area contributed by atoms with Gasteiger partial charge in [-0.15, -0.1) is 0 Å². The Balaban J connectivity index is 2.89. The van der Waals surface area contributed by atoms with Gasteiger partial charge in [-0.3, -0.25) is 4.79 Å². The molecule has 0 saturated carbocycles. The number of aliphatic carboxylic acids is 1. The van der Waals surface area contributed by atoms with Crippen LogP contribution in [0.3, 0.4) is 0 Å². The molecule has 0 bridgehead atoms. The topological polar surface area (TPSA) is 37.3 Å². The monoisotopic (exact) mass is 168 g/mol. The van der Waals surface area contributed by atoms with Crippen LogP contribution in [0.1, 0.15) is 11.1 Å². The highest BCUT2D eigenvalue weighted by Gasteiger charge is 2.02. The van der Waals surface area contributed by atoms with E-state index in [0.717, 1.165) is 0 Å². The number of rotatable bonds is 2. The third kappa shape index (κ3) is 2.05. The normalized spacial score (nSPS) is 9.83. The Bertz CT molecular complexity index is 307. The van der Waals surface area contributed by atoms with Gasteiger partial charge in [0.2, 0.25) is 0 Å². The van der Waals surface area contributed by atoms with Crippen molar-refractivity contribution in [2.75, 3.05) is 0 Å². The highest BCUT2D eigenvalue weighted by molar-refractivity contribution is 5.70. The summed E-state index contributed by atoms with van der Waals surface area (Å²) in [7, 11) is 0. The van der Waals surface area contributed by atoms with Crippen LogP contribution in [0.5, 0.6) is 0 Å². The number of carboxylic acid groups (broad SMARTS) is 1. The predicted molar refractivity (Wildman–Crippen MR) is 42.5 cm³/mol. The Morgan fingerprint density at radius 3 is 2.75 bits per heavy atom. The van der Waals surface area contributed by atoms with Crippen LogP contribution in [0, 0.1) is 12.7 Å².